The standard InChI is InChI=1S/C24H26N2O3/c1-24-6-5-15-10-17-19(27)8-14(12-25-2)9-21(17)29-23(15)18(24)11-20(28)22(24)16-4-3-7-26-13-16/h3-7,10,13-14,18,22-23,25H,8-9,11-12H2,1-2H3/t14?,18-,22-,23+,24-/m0/s1. The molecule has 5 atom stereocenters. The molecule has 0 radical (unpaired) electrons. The summed E-state index contributed by atoms with van der Waals surface area (Å²) >= 11 is 0. The van der Waals surface area contributed by atoms with Crippen molar-refractivity contribution in [3.63, 3.8) is 0 Å². The van der Waals surface area contributed by atoms with E-state index in [4.69, 9.17) is 4.74 Å². The molecule has 5 heteroatoms. The molecule has 2 heterocycles. The lowest BCUT2D eigenvalue weighted by Gasteiger charge is -2.44. The number of nitrogens with zero attached hydrogens (tertiary/aromatic N) is 1. The molecule has 1 aromatic heterocycles. The van der Waals surface area contributed by atoms with Gasteiger partial charge in [-0.15, -0.1) is 0 Å². The molecule has 150 valence electrons. The van der Waals surface area contributed by atoms with Gasteiger partial charge in [-0.05, 0) is 42.8 Å². The number of fused-ring (bicyclic) bond motifs is 3. The third-order valence-electron chi connectivity index (χ3n) is 7.13. The number of carbonyl (C=O) groups excluding carboxylic acids is 2. The summed E-state index contributed by atoms with van der Waals surface area (Å²) in [5.41, 5.74) is 2.40. The van der Waals surface area contributed by atoms with Crippen LogP contribution in [0.15, 0.2) is 59.7 Å². The van der Waals surface area contributed by atoms with Gasteiger partial charge in [0.1, 0.15) is 17.6 Å². The van der Waals surface area contributed by atoms with Crippen LogP contribution in [0, 0.1) is 17.3 Å². The minimum absolute atomic E-state index is 0.0604. The minimum atomic E-state index is -0.316. The number of carbonyl (C=O) groups is 2. The first kappa shape index (κ1) is 18.5. The molecule has 3 aliphatic carbocycles. The lowest BCUT2D eigenvalue weighted by molar-refractivity contribution is -0.120. The Balaban J connectivity index is 1.50. The molecule has 1 aliphatic heterocycles. The lowest BCUT2D eigenvalue weighted by atomic mass is 9.65. The van der Waals surface area contributed by atoms with Crippen molar-refractivity contribution in [1.29, 1.82) is 0 Å². The molecule has 1 saturated carbocycles. The average Bonchev–Trinajstić information content (AvgIpc) is 2.98. The summed E-state index contributed by atoms with van der Waals surface area (Å²) in [5, 5.41) is 3.18. The second-order valence-corrected chi connectivity index (χ2v) is 8.97. The van der Waals surface area contributed by atoms with E-state index in [1.165, 1.54) is 0 Å². The first-order chi connectivity index (χ1) is 14.0. The summed E-state index contributed by atoms with van der Waals surface area (Å²) in [7, 11) is 1.91. The van der Waals surface area contributed by atoms with Gasteiger partial charge in [-0.2, -0.15) is 0 Å². The van der Waals surface area contributed by atoms with Gasteiger partial charge >= 0.3 is 0 Å². The first-order valence-corrected chi connectivity index (χ1v) is 10.4. The van der Waals surface area contributed by atoms with E-state index in [-0.39, 0.29) is 40.8 Å². The van der Waals surface area contributed by atoms with Crippen LogP contribution in [-0.2, 0) is 14.3 Å². The van der Waals surface area contributed by atoms with Crippen LogP contribution < -0.4 is 5.32 Å². The molecule has 1 N–H and O–H groups in total. The maximum Gasteiger partial charge on any atom is 0.166 e. The minimum Gasteiger partial charge on any atom is -0.489 e. The van der Waals surface area contributed by atoms with Gasteiger partial charge in [0.05, 0.1) is 11.5 Å². The molecule has 0 amide bonds. The van der Waals surface area contributed by atoms with Crippen molar-refractivity contribution < 1.29 is 14.3 Å². The predicted octanol–water partition coefficient (Wildman–Crippen LogP) is 3.11. The fourth-order valence-electron chi connectivity index (χ4n) is 5.74. The van der Waals surface area contributed by atoms with Gasteiger partial charge < -0.3 is 10.1 Å². The Kier molecular flexibility index (Phi) is 4.32. The van der Waals surface area contributed by atoms with Crippen molar-refractivity contribution in [3.8, 4) is 0 Å². The van der Waals surface area contributed by atoms with Crippen molar-refractivity contribution in [2.75, 3.05) is 13.6 Å². The van der Waals surface area contributed by atoms with Crippen molar-refractivity contribution in [2.24, 2.45) is 17.3 Å². The van der Waals surface area contributed by atoms with E-state index in [2.05, 4.69) is 29.4 Å². The van der Waals surface area contributed by atoms with E-state index in [0.717, 1.165) is 35.4 Å². The van der Waals surface area contributed by atoms with Gasteiger partial charge in [-0.1, -0.05) is 25.1 Å². The number of ketones is 2. The maximum absolute atomic E-state index is 13.1. The van der Waals surface area contributed by atoms with Crippen LogP contribution in [0.1, 0.15) is 37.7 Å². The number of rotatable bonds is 3. The number of allylic oxidation sites excluding steroid dienone is 4. The Bertz CT molecular complexity index is 962. The highest BCUT2D eigenvalue weighted by molar-refractivity contribution is 6.00. The van der Waals surface area contributed by atoms with Crippen LogP contribution >= 0.6 is 0 Å². The normalized spacial score (nSPS) is 35.6. The molecule has 1 aromatic rings. The molecule has 0 spiro atoms. The number of ether oxygens (including phenoxy) is 1. The first-order valence-electron chi connectivity index (χ1n) is 10.4. The Morgan fingerprint density at radius 3 is 2.90 bits per heavy atom. The highest BCUT2D eigenvalue weighted by atomic mass is 16.5. The zero-order valence-corrected chi connectivity index (χ0v) is 16.9. The van der Waals surface area contributed by atoms with Gasteiger partial charge in [0, 0.05) is 43.0 Å². The zero-order chi connectivity index (χ0) is 20.2. The third-order valence-corrected chi connectivity index (χ3v) is 7.13. The van der Waals surface area contributed by atoms with Gasteiger partial charge in [0.2, 0.25) is 0 Å². The molecule has 5 nitrogen and oxygen atoms in total. The van der Waals surface area contributed by atoms with E-state index in [9.17, 15) is 9.59 Å². The van der Waals surface area contributed by atoms with Gasteiger partial charge in [-0.3, -0.25) is 14.6 Å². The molecule has 0 bridgehead atoms. The second-order valence-electron chi connectivity index (χ2n) is 8.97. The summed E-state index contributed by atoms with van der Waals surface area (Å²) in [6, 6.07) is 3.88. The van der Waals surface area contributed by atoms with Crippen molar-refractivity contribution in [1.82, 2.24) is 10.3 Å². The van der Waals surface area contributed by atoms with Crippen molar-refractivity contribution in [2.45, 2.75) is 38.2 Å². The summed E-state index contributed by atoms with van der Waals surface area (Å²) < 4.78 is 6.50. The summed E-state index contributed by atoms with van der Waals surface area (Å²) in [6.07, 6.45) is 11.4. The number of Topliss-reactive ketones (excluding diaryl/α,β-unsaturated/α-hetero) is 2. The van der Waals surface area contributed by atoms with Gasteiger partial charge in [0.15, 0.2) is 5.78 Å². The largest absolute Gasteiger partial charge is 0.489 e. The topological polar surface area (TPSA) is 68.3 Å². The Morgan fingerprint density at radius 1 is 1.28 bits per heavy atom. The molecule has 4 aliphatic rings. The average molecular weight is 390 g/mol. The SMILES string of the molecule is CNCC1CC(=O)C2=C(C1)O[C@@H]1C(=C2)C=C[C@]2(C)[C@@H](c3cccnc3)C(=O)C[C@@H]12. The van der Waals surface area contributed by atoms with Crippen LogP contribution in [0.25, 0.3) is 0 Å². The van der Waals surface area contributed by atoms with Crippen LogP contribution in [-0.4, -0.2) is 36.2 Å². The summed E-state index contributed by atoms with van der Waals surface area (Å²) in [4.78, 5) is 30.0. The number of aromatic nitrogens is 1. The smallest absolute Gasteiger partial charge is 0.166 e. The van der Waals surface area contributed by atoms with Crippen LogP contribution in [0.3, 0.4) is 0 Å². The summed E-state index contributed by atoms with van der Waals surface area (Å²) in [6.45, 7) is 2.96. The Hall–Kier alpha value is -2.53. The van der Waals surface area contributed by atoms with E-state index < -0.39 is 0 Å². The number of hydrogen-bond donors (Lipinski definition) is 1. The van der Waals surface area contributed by atoms with E-state index in [1.54, 1.807) is 12.4 Å². The predicted molar refractivity (Wildman–Crippen MR) is 109 cm³/mol. The number of hydrogen-bond acceptors (Lipinski definition) is 5. The molecular formula is C24H26N2O3. The zero-order valence-electron chi connectivity index (χ0n) is 16.9. The summed E-state index contributed by atoms with van der Waals surface area (Å²) in [5.74, 6) is 1.33. The molecule has 1 fully saturated rings. The quantitative estimate of drug-likeness (QED) is 0.859. The van der Waals surface area contributed by atoms with Gasteiger partial charge in [0.25, 0.3) is 0 Å². The Labute approximate surface area is 170 Å². The molecule has 1 unspecified atom stereocenters. The van der Waals surface area contributed by atoms with E-state index in [0.29, 0.717) is 12.8 Å². The third kappa shape index (κ3) is 2.83. The second kappa shape index (κ2) is 6.77. The molecular weight excluding hydrogens is 364 g/mol. The lowest BCUT2D eigenvalue weighted by Crippen LogP contribution is -2.41. The molecule has 0 saturated heterocycles. The van der Waals surface area contributed by atoms with Crippen molar-refractivity contribution in [3.05, 3.63) is 65.2 Å². The number of nitrogens with one attached hydrogen (secondary N) is 1. The fourth-order valence-corrected chi connectivity index (χ4v) is 5.74. The van der Waals surface area contributed by atoms with Crippen LogP contribution in [0.5, 0.6) is 0 Å². The van der Waals surface area contributed by atoms with E-state index in [1.807, 2.05) is 25.3 Å². The Morgan fingerprint density at radius 2 is 2.14 bits per heavy atom. The van der Waals surface area contributed by atoms with Crippen LogP contribution in [0.4, 0.5) is 0 Å². The van der Waals surface area contributed by atoms with Gasteiger partial charge in [-0.25, -0.2) is 0 Å². The molecule has 29 heavy (non-hydrogen) atoms. The molecule has 0 aromatic carbocycles. The number of pyridine rings is 1. The monoisotopic (exact) mass is 390 g/mol. The maximum atomic E-state index is 13.1. The van der Waals surface area contributed by atoms with Crippen LogP contribution in [0.2, 0.25) is 0 Å². The molecule has 5 rings (SSSR count). The van der Waals surface area contributed by atoms with E-state index >= 15 is 0 Å². The highest BCUT2D eigenvalue weighted by Gasteiger charge is 2.57. The highest BCUT2D eigenvalue weighted by Crippen LogP contribution is 2.58. The van der Waals surface area contributed by atoms with Crippen molar-refractivity contribution >= 4 is 11.6 Å². The fraction of sp³-hybridized carbons (Fsp3) is 0.458.